The first-order valence-electron chi connectivity index (χ1n) is 5.71. The number of methoxy groups -OCH3 is 1. The van der Waals surface area contributed by atoms with Crippen LogP contribution in [0.1, 0.15) is 23.7 Å². The zero-order chi connectivity index (χ0) is 13.3. The van der Waals surface area contributed by atoms with E-state index < -0.39 is 5.97 Å². The number of rotatable bonds is 3. The third-order valence-electron chi connectivity index (χ3n) is 3.09. The van der Waals surface area contributed by atoms with Gasteiger partial charge in [-0.05, 0) is 30.5 Å². The number of benzene rings is 1. The molecular formula is C13H14ClNO3. The summed E-state index contributed by atoms with van der Waals surface area (Å²) in [7, 11) is 1.29. The van der Waals surface area contributed by atoms with Crippen LogP contribution in [0.4, 0.5) is 5.69 Å². The van der Waals surface area contributed by atoms with Gasteiger partial charge in [0, 0.05) is 11.6 Å². The van der Waals surface area contributed by atoms with E-state index in [2.05, 4.69) is 10.1 Å². The van der Waals surface area contributed by atoms with Gasteiger partial charge in [-0.1, -0.05) is 18.5 Å². The fourth-order valence-corrected chi connectivity index (χ4v) is 1.99. The van der Waals surface area contributed by atoms with Crippen molar-refractivity contribution in [2.24, 2.45) is 11.8 Å². The quantitative estimate of drug-likeness (QED) is 0.857. The molecule has 2 atom stereocenters. The Hall–Kier alpha value is -1.55. The van der Waals surface area contributed by atoms with Crippen molar-refractivity contribution in [1.29, 1.82) is 0 Å². The number of esters is 1. The summed E-state index contributed by atoms with van der Waals surface area (Å²) in [6, 6.07) is 4.76. The molecule has 0 saturated heterocycles. The van der Waals surface area contributed by atoms with Gasteiger partial charge in [0.2, 0.25) is 5.91 Å². The molecule has 1 N–H and O–H groups in total. The van der Waals surface area contributed by atoms with Crippen LogP contribution in [0, 0.1) is 11.8 Å². The average molecular weight is 268 g/mol. The normalized spacial score (nSPS) is 21.3. The summed E-state index contributed by atoms with van der Waals surface area (Å²) >= 11 is 5.89. The average Bonchev–Trinajstić information content (AvgIpc) is 3.08. The zero-order valence-corrected chi connectivity index (χ0v) is 11.0. The van der Waals surface area contributed by atoms with Crippen LogP contribution in [0.25, 0.3) is 0 Å². The Bertz CT molecular complexity index is 501. The van der Waals surface area contributed by atoms with Crippen molar-refractivity contribution in [2.75, 3.05) is 12.4 Å². The molecule has 96 valence electrons. The van der Waals surface area contributed by atoms with Crippen LogP contribution in [0.5, 0.6) is 0 Å². The molecule has 1 saturated carbocycles. The molecule has 0 aliphatic heterocycles. The van der Waals surface area contributed by atoms with Crippen molar-refractivity contribution in [3.8, 4) is 0 Å². The number of halogens is 1. The van der Waals surface area contributed by atoms with Crippen molar-refractivity contribution < 1.29 is 14.3 Å². The number of ether oxygens (including phenoxy) is 1. The molecule has 1 aromatic rings. The maximum absolute atomic E-state index is 11.8. The Morgan fingerprint density at radius 3 is 2.67 bits per heavy atom. The lowest BCUT2D eigenvalue weighted by atomic mass is 10.2. The number of carbonyl (C=O) groups is 2. The molecule has 1 aromatic carbocycles. The molecule has 0 radical (unpaired) electrons. The van der Waals surface area contributed by atoms with Crippen molar-refractivity contribution in [3.63, 3.8) is 0 Å². The second-order valence-corrected chi connectivity index (χ2v) is 4.90. The lowest BCUT2D eigenvalue weighted by molar-refractivity contribution is -0.117. The fourth-order valence-electron chi connectivity index (χ4n) is 1.79. The van der Waals surface area contributed by atoms with Crippen LogP contribution >= 0.6 is 11.6 Å². The van der Waals surface area contributed by atoms with Gasteiger partial charge < -0.3 is 10.1 Å². The summed E-state index contributed by atoms with van der Waals surface area (Å²) < 4.78 is 4.62. The summed E-state index contributed by atoms with van der Waals surface area (Å²) in [5, 5.41) is 3.08. The fraction of sp³-hybridized carbons (Fsp3) is 0.385. The minimum absolute atomic E-state index is 0.0133. The van der Waals surface area contributed by atoms with E-state index in [0.29, 0.717) is 16.6 Å². The molecule has 4 nitrogen and oxygen atoms in total. The van der Waals surface area contributed by atoms with Crippen molar-refractivity contribution in [3.05, 3.63) is 28.8 Å². The van der Waals surface area contributed by atoms with Gasteiger partial charge in [-0.3, -0.25) is 4.79 Å². The van der Waals surface area contributed by atoms with Crippen LogP contribution in [0.15, 0.2) is 18.2 Å². The Morgan fingerprint density at radius 1 is 1.44 bits per heavy atom. The summed E-state index contributed by atoms with van der Waals surface area (Å²) in [5.41, 5.74) is 0.810. The Kier molecular flexibility index (Phi) is 3.57. The molecule has 0 heterocycles. The third-order valence-corrected chi connectivity index (χ3v) is 3.42. The van der Waals surface area contributed by atoms with Crippen molar-refractivity contribution >= 4 is 29.2 Å². The van der Waals surface area contributed by atoms with Gasteiger partial charge in [-0.2, -0.15) is 0 Å². The predicted octanol–water partition coefficient (Wildman–Crippen LogP) is 2.72. The van der Waals surface area contributed by atoms with Crippen molar-refractivity contribution in [2.45, 2.75) is 13.3 Å². The molecule has 0 aromatic heterocycles. The van der Waals surface area contributed by atoms with Crippen LogP contribution in [-0.4, -0.2) is 19.0 Å². The molecule has 18 heavy (non-hydrogen) atoms. The van der Waals surface area contributed by atoms with Gasteiger partial charge in [0.05, 0.1) is 17.7 Å². The summed E-state index contributed by atoms with van der Waals surface area (Å²) in [5.74, 6) is -0.00356. The van der Waals surface area contributed by atoms with Gasteiger partial charge in [-0.25, -0.2) is 4.79 Å². The standard InChI is InChI=1S/C13H14ClNO3/c1-7-5-9(7)12(16)15-8-3-4-11(14)10(6-8)13(17)18-2/h3-4,6-7,9H,5H2,1-2H3,(H,15,16)/t7-,9-/m0/s1. The van der Waals surface area contributed by atoms with Gasteiger partial charge in [-0.15, -0.1) is 0 Å². The molecule has 5 heteroatoms. The van der Waals surface area contributed by atoms with E-state index in [1.54, 1.807) is 12.1 Å². The number of anilines is 1. The third kappa shape index (κ3) is 2.64. The Labute approximate surface area is 110 Å². The topological polar surface area (TPSA) is 55.4 Å². The van der Waals surface area contributed by atoms with E-state index in [9.17, 15) is 9.59 Å². The minimum Gasteiger partial charge on any atom is -0.465 e. The zero-order valence-electron chi connectivity index (χ0n) is 10.2. The molecule has 2 rings (SSSR count). The summed E-state index contributed by atoms with van der Waals surface area (Å²) in [6.45, 7) is 2.03. The molecule has 1 aliphatic rings. The molecule has 0 spiro atoms. The largest absolute Gasteiger partial charge is 0.465 e. The van der Waals surface area contributed by atoms with Gasteiger partial charge in [0.25, 0.3) is 0 Å². The predicted molar refractivity (Wildman–Crippen MR) is 68.7 cm³/mol. The highest BCUT2D eigenvalue weighted by molar-refractivity contribution is 6.33. The van der Waals surface area contributed by atoms with E-state index in [0.717, 1.165) is 6.42 Å². The maximum atomic E-state index is 11.8. The highest BCUT2D eigenvalue weighted by atomic mass is 35.5. The van der Waals surface area contributed by atoms with E-state index >= 15 is 0 Å². The molecule has 0 bridgehead atoms. The lowest BCUT2D eigenvalue weighted by Gasteiger charge is -2.07. The van der Waals surface area contributed by atoms with E-state index in [1.165, 1.54) is 13.2 Å². The number of nitrogens with one attached hydrogen (secondary N) is 1. The molecule has 0 unspecified atom stereocenters. The second kappa shape index (κ2) is 4.98. The SMILES string of the molecule is COC(=O)c1cc(NC(=O)[C@H]2C[C@@H]2C)ccc1Cl. The van der Waals surface area contributed by atoms with E-state index in [-0.39, 0.29) is 17.4 Å². The first-order chi connectivity index (χ1) is 8.52. The summed E-state index contributed by atoms with van der Waals surface area (Å²) in [4.78, 5) is 23.2. The van der Waals surface area contributed by atoms with Gasteiger partial charge in [0.1, 0.15) is 0 Å². The Balaban J connectivity index is 2.14. The number of carbonyl (C=O) groups excluding carboxylic acids is 2. The van der Waals surface area contributed by atoms with Gasteiger partial charge in [0.15, 0.2) is 0 Å². The molecule has 1 amide bonds. The highest BCUT2D eigenvalue weighted by Gasteiger charge is 2.39. The van der Waals surface area contributed by atoms with Crippen LogP contribution in [-0.2, 0) is 9.53 Å². The van der Waals surface area contributed by atoms with Crippen LogP contribution < -0.4 is 5.32 Å². The smallest absolute Gasteiger partial charge is 0.339 e. The number of hydrogen-bond acceptors (Lipinski definition) is 3. The molecular weight excluding hydrogens is 254 g/mol. The monoisotopic (exact) mass is 267 g/mol. The Morgan fingerprint density at radius 2 is 2.11 bits per heavy atom. The first-order valence-corrected chi connectivity index (χ1v) is 6.09. The first kappa shape index (κ1) is 12.9. The summed E-state index contributed by atoms with van der Waals surface area (Å²) in [6.07, 6.45) is 0.920. The van der Waals surface area contributed by atoms with E-state index in [1.807, 2.05) is 6.92 Å². The number of hydrogen-bond donors (Lipinski definition) is 1. The maximum Gasteiger partial charge on any atom is 0.339 e. The molecule has 1 aliphatic carbocycles. The molecule has 1 fully saturated rings. The van der Waals surface area contributed by atoms with Crippen LogP contribution in [0.2, 0.25) is 5.02 Å². The van der Waals surface area contributed by atoms with Crippen molar-refractivity contribution in [1.82, 2.24) is 0 Å². The van der Waals surface area contributed by atoms with Crippen LogP contribution in [0.3, 0.4) is 0 Å². The van der Waals surface area contributed by atoms with E-state index in [4.69, 9.17) is 11.6 Å². The second-order valence-electron chi connectivity index (χ2n) is 4.49. The highest BCUT2D eigenvalue weighted by Crippen LogP contribution is 2.38. The minimum atomic E-state index is -0.518. The number of amides is 1. The lowest BCUT2D eigenvalue weighted by Crippen LogP contribution is -2.15. The van der Waals surface area contributed by atoms with Gasteiger partial charge >= 0.3 is 5.97 Å².